The standard InChI is InChI=1S/C13H9N3O3/c17-11-5-8(13(18)19)4-10(16-11)9-3-7-1-2-14-12(7)15-6-9/h1-6H,(H,14,15)(H,16,17)(H,18,19). The molecule has 0 unspecified atom stereocenters. The van der Waals surface area contributed by atoms with Crippen LogP contribution in [0.5, 0.6) is 0 Å². The molecule has 0 amide bonds. The fourth-order valence-corrected chi connectivity index (χ4v) is 1.91. The molecule has 94 valence electrons. The fraction of sp³-hybridized carbons (Fsp3) is 0. The van der Waals surface area contributed by atoms with Gasteiger partial charge in [0.25, 0.3) is 0 Å². The lowest BCUT2D eigenvalue weighted by molar-refractivity contribution is 0.0696. The summed E-state index contributed by atoms with van der Waals surface area (Å²) in [6, 6.07) is 6.15. The summed E-state index contributed by atoms with van der Waals surface area (Å²) in [6.07, 6.45) is 3.34. The average molecular weight is 255 g/mol. The van der Waals surface area contributed by atoms with Gasteiger partial charge in [-0.2, -0.15) is 0 Å². The Balaban J connectivity index is 2.19. The molecular weight excluding hydrogens is 246 g/mol. The molecule has 0 aliphatic carbocycles. The van der Waals surface area contributed by atoms with Gasteiger partial charge >= 0.3 is 5.97 Å². The third-order valence-corrected chi connectivity index (χ3v) is 2.80. The number of H-pyrrole nitrogens is 2. The summed E-state index contributed by atoms with van der Waals surface area (Å²) in [5.74, 6) is -1.14. The predicted octanol–water partition coefficient (Wildman–Crippen LogP) is 1.62. The first-order valence-corrected chi connectivity index (χ1v) is 5.55. The highest BCUT2D eigenvalue weighted by atomic mass is 16.4. The van der Waals surface area contributed by atoms with E-state index in [-0.39, 0.29) is 5.56 Å². The van der Waals surface area contributed by atoms with Crippen LogP contribution in [0.2, 0.25) is 0 Å². The van der Waals surface area contributed by atoms with Gasteiger partial charge in [-0.15, -0.1) is 0 Å². The Kier molecular flexibility index (Phi) is 2.42. The van der Waals surface area contributed by atoms with Crippen LogP contribution in [0, 0.1) is 0 Å². The van der Waals surface area contributed by atoms with Gasteiger partial charge in [-0.1, -0.05) is 0 Å². The molecule has 3 rings (SSSR count). The summed E-state index contributed by atoms with van der Waals surface area (Å²) >= 11 is 0. The van der Waals surface area contributed by atoms with Gasteiger partial charge in [0.2, 0.25) is 5.56 Å². The van der Waals surface area contributed by atoms with E-state index >= 15 is 0 Å². The summed E-state index contributed by atoms with van der Waals surface area (Å²) < 4.78 is 0. The Morgan fingerprint density at radius 1 is 1.26 bits per heavy atom. The summed E-state index contributed by atoms with van der Waals surface area (Å²) in [5.41, 5.74) is 1.32. The summed E-state index contributed by atoms with van der Waals surface area (Å²) in [5, 5.41) is 9.83. The Morgan fingerprint density at radius 2 is 2.11 bits per heavy atom. The quantitative estimate of drug-likeness (QED) is 0.647. The zero-order valence-electron chi connectivity index (χ0n) is 9.68. The number of nitrogens with zero attached hydrogens (tertiary/aromatic N) is 1. The normalized spacial score (nSPS) is 10.7. The highest BCUT2D eigenvalue weighted by Crippen LogP contribution is 2.20. The van der Waals surface area contributed by atoms with Crippen molar-refractivity contribution in [1.29, 1.82) is 0 Å². The average Bonchev–Trinajstić information content (AvgIpc) is 2.85. The molecule has 0 radical (unpaired) electrons. The predicted molar refractivity (Wildman–Crippen MR) is 69.1 cm³/mol. The molecule has 0 saturated heterocycles. The number of aromatic amines is 2. The van der Waals surface area contributed by atoms with Gasteiger partial charge in [0.05, 0.1) is 11.3 Å². The molecule has 0 bridgehead atoms. The van der Waals surface area contributed by atoms with E-state index in [2.05, 4.69) is 15.0 Å². The van der Waals surface area contributed by atoms with Crippen molar-refractivity contribution in [3.63, 3.8) is 0 Å². The number of aromatic nitrogens is 3. The van der Waals surface area contributed by atoms with Crippen LogP contribution in [0.15, 0.2) is 41.5 Å². The lowest BCUT2D eigenvalue weighted by Crippen LogP contribution is -2.10. The second-order valence-corrected chi connectivity index (χ2v) is 4.09. The van der Waals surface area contributed by atoms with Crippen LogP contribution in [0.4, 0.5) is 0 Å². The van der Waals surface area contributed by atoms with Gasteiger partial charge in [0.15, 0.2) is 0 Å². The van der Waals surface area contributed by atoms with Gasteiger partial charge in [-0.25, -0.2) is 9.78 Å². The second kappa shape index (κ2) is 4.09. The number of carbonyl (C=O) groups is 1. The molecule has 6 heteroatoms. The Hall–Kier alpha value is -2.89. The van der Waals surface area contributed by atoms with E-state index in [1.54, 1.807) is 12.4 Å². The molecule has 3 heterocycles. The van der Waals surface area contributed by atoms with E-state index in [0.29, 0.717) is 11.3 Å². The number of fused-ring (bicyclic) bond motifs is 1. The summed E-state index contributed by atoms with van der Waals surface area (Å²) in [4.78, 5) is 32.2. The van der Waals surface area contributed by atoms with E-state index in [9.17, 15) is 9.59 Å². The van der Waals surface area contributed by atoms with Gasteiger partial charge < -0.3 is 15.1 Å². The van der Waals surface area contributed by atoms with Crippen molar-refractivity contribution in [2.75, 3.05) is 0 Å². The van der Waals surface area contributed by atoms with Crippen LogP contribution in [0.3, 0.4) is 0 Å². The second-order valence-electron chi connectivity index (χ2n) is 4.09. The first-order chi connectivity index (χ1) is 9.13. The minimum absolute atomic E-state index is 0.0482. The van der Waals surface area contributed by atoms with Crippen molar-refractivity contribution in [2.24, 2.45) is 0 Å². The van der Waals surface area contributed by atoms with Crippen LogP contribution in [0.1, 0.15) is 10.4 Å². The summed E-state index contributed by atoms with van der Waals surface area (Å²) in [6.45, 7) is 0. The van der Waals surface area contributed by atoms with Crippen LogP contribution < -0.4 is 5.56 Å². The molecular formula is C13H9N3O3. The molecule has 0 aromatic carbocycles. The van der Waals surface area contributed by atoms with E-state index in [4.69, 9.17) is 5.11 Å². The molecule has 0 aliphatic heterocycles. The first-order valence-electron chi connectivity index (χ1n) is 5.55. The van der Waals surface area contributed by atoms with Crippen molar-refractivity contribution in [3.8, 4) is 11.3 Å². The number of hydrogen-bond acceptors (Lipinski definition) is 3. The summed E-state index contributed by atoms with van der Waals surface area (Å²) in [7, 11) is 0. The van der Waals surface area contributed by atoms with Crippen LogP contribution in [-0.2, 0) is 0 Å². The number of pyridine rings is 2. The topological polar surface area (TPSA) is 98.8 Å². The molecule has 3 aromatic heterocycles. The zero-order chi connectivity index (χ0) is 13.4. The zero-order valence-corrected chi connectivity index (χ0v) is 9.68. The lowest BCUT2D eigenvalue weighted by atomic mass is 10.1. The number of carboxylic acids is 1. The molecule has 0 fully saturated rings. The smallest absolute Gasteiger partial charge is 0.335 e. The minimum Gasteiger partial charge on any atom is -0.478 e. The van der Waals surface area contributed by atoms with E-state index in [1.807, 2.05) is 12.1 Å². The third kappa shape index (κ3) is 1.99. The fourth-order valence-electron chi connectivity index (χ4n) is 1.91. The molecule has 0 saturated carbocycles. The van der Waals surface area contributed by atoms with Gasteiger partial charge in [0.1, 0.15) is 5.65 Å². The van der Waals surface area contributed by atoms with Crippen LogP contribution in [-0.4, -0.2) is 26.0 Å². The van der Waals surface area contributed by atoms with Gasteiger partial charge in [0, 0.05) is 29.4 Å². The van der Waals surface area contributed by atoms with E-state index in [0.717, 1.165) is 17.1 Å². The molecule has 0 aliphatic rings. The Labute approximate surface area is 106 Å². The molecule has 19 heavy (non-hydrogen) atoms. The van der Waals surface area contributed by atoms with Crippen molar-refractivity contribution in [2.45, 2.75) is 0 Å². The Bertz CT molecular complexity index is 832. The van der Waals surface area contributed by atoms with Crippen LogP contribution in [0.25, 0.3) is 22.3 Å². The monoisotopic (exact) mass is 255 g/mol. The number of rotatable bonds is 2. The van der Waals surface area contributed by atoms with E-state index < -0.39 is 11.5 Å². The van der Waals surface area contributed by atoms with E-state index in [1.165, 1.54) is 6.07 Å². The van der Waals surface area contributed by atoms with Crippen molar-refractivity contribution >= 4 is 17.0 Å². The lowest BCUT2D eigenvalue weighted by Gasteiger charge is -2.02. The van der Waals surface area contributed by atoms with Crippen molar-refractivity contribution in [1.82, 2.24) is 15.0 Å². The first kappa shape index (κ1) is 11.2. The number of hydrogen-bond donors (Lipinski definition) is 3. The highest BCUT2D eigenvalue weighted by molar-refractivity contribution is 5.89. The largest absolute Gasteiger partial charge is 0.478 e. The third-order valence-electron chi connectivity index (χ3n) is 2.80. The molecule has 6 nitrogen and oxygen atoms in total. The van der Waals surface area contributed by atoms with Crippen LogP contribution >= 0.6 is 0 Å². The Morgan fingerprint density at radius 3 is 2.89 bits per heavy atom. The van der Waals surface area contributed by atoms with Gasteiger partial charge in [-0.3, -0.25) is 4.79 Å². The van der Waals surface area contributed by atoms with Crippen molar-refractivity contribution < 1.29 is 9.90 Å². The maximum atomic E-state index is 11.5. The minimum atomic E-state index is -1.14. The molecule has 3 aromatic rings. The van der Waals surface area contributed by atoms with Crippen molar-refractivity contribution in [3.05, 3.63) is 52.6 Å². The molecule has 3 N–H and O–H groups in total. The SMILES string of the molecule is O=C(O)c1cc(-c2cnc3[nH]ccc3c2)[nH]c(=O)c1. The highest BCUT2D eigenvalue weighted by Gasteiger charge is 2.08. The molecule has 0 atom stereocenters. The maximum Gasteiger partial charge on any atom is 0.335 e. The number of nitrogens with one attached hydrogen (secondary N) is 2. The maximum absolute atomic E-state index is 11.5. The number of aromatic carboxylic acids is 1. The number of carboxylic acid groups (broad SMARTS) is 1. The molecule has 0 spiro atoms. The van der Waals surface area contributed by atoms with Gasteiger partial charge in [-0.05, 0) is 18.2 Å².